The average Bonchev–Trinajstić information content (AvgIpc) is 2.94. The maximum atomic E-state index is 12.5. The van der Waals surface area contributed by atoms with Gasteiger partial charge in [-0.25, -0.2) is 0 Å². The van der Waals surface area contributed by atoms with Crippen molar-refractivity contribution >= 4 is 29.4 Å². The molecule has 2 amide bonds. The molecule has 0 aliphatic carbocycles. The van der Waals surface area contributed by atoms with Crippen LogP contribution in [0.4, 0.5) is 0 Å². The van der Waals surface area contributed by atoms with Crippen LogP contribution < -0.4 is 5.32 Å². The van der Waals surface area contributed by atoms with Crippen LogP contribution in [0.15, 0.2) is 35.4 Å². The largest absolute Gasteiger partial charge is 0.348 e. The number of hydrogen-bond acceptors (Lipinski definition) is 4. The van der Waals surface area contributed by atoms with Gasteiger partial charge in [-0.3, -0.25) is 19.3 Å². The fourth-order valence-electron chi connectivity index (χ4n) is 2.58. The lowest BCUT2D eigenvalue weighted by Gasteiger charge is -2.21. The van der Waals surface area contributed by atoms with E-state index in [4.69, 9.17) is 0 Å². The van der Waals surface area contributed by atoms with Crippen molar-refractivity contribution in [2.24, 2.45) is 5.41 Å². The second-order valence-electron chi connectivity index (χ2n) is 7.75. The number of allylic oxidation sites excluding steroid dienone is 1. The van der Waals surface area contributed by atoms with E-state index in [1.54, 1.807) is 0 Å². The quantitative estimate of drug-likeness (QED) is 0.758. The Balaban J connectivity index is 2.02. The Hall–Kier alpha value is -2.08. The van der Waals surface area contributed by atoms with Crippen molar-refractivity contribution in [3.05, 3.63) is 46.5 Å². The van der Waals surface area contributed by atoms with Crippen LogP contribution >= 0.6 is 11.8 Å². The summed E-state index contributed by atoms with van der Waals surface area (Å²) < 4.78 is 0. The molecule has 0 spiro atoms. The number of amides is 2. The number of benzene rings is 1. The van der Waals surface area contributed by atoms with Gasteiger partial charge in [0.1, 0.15) is 6.54 Å². The minimum absolute atomic E-state index is 0.0607. The molecule has 27 heavy (non-hydrogen) atoms. The zero-order valence-electron chi connectivity index (χ0n) is 16.7. The molecule has 0 saturated carbocycles. The summed E-state index contributed by atoms with van der Waals surface area (Å²) in [5.74, 6) is -0.200. The molecule has 1 atom stereocenters. The third-order valence-electron chi connectivity index (χ3n) is 4.47. The van der Waals surface area contributed by atoms with Crippen LogP contribution in [0.25, 0.3) is 0 Å². The maximum Gasteiger partial charge on any atom is 0.240 e. The molecule has 1 fully saturated rings. The lowest BCUT2D eigenvalue weighted by molar-refractivity contribution is -0.131. The third kappa shape index (κ3) is 5.70. The molecule has 1 aromatic rings. The monoisotopic (exact) mass is 388 g/mol. The van der Waals surface area contributed by atoms with Crippen LogP contribution in [0.1, 0.15) is 51.8 Å². The SMILES string of the molecule is CCc1ccc([C@@H](C)NC(=O)CN2C(=O)CS/C2=C\C(=O)C(C)(C)C)cc1. The minimum atomic E-state index is -0.522. The lowest BCUT2D eigenvalue weighted by Crippen LogP contribution is -2.38. The van der Waals surface area contributed by atoms with Gasteiger partial charge in [-0.05, 0) is 24.5 Å². The molecule has 0 bridgehead atoms. The number of hydrogen-bond donors (Lipinski definition) is 1. The minimum Gasteiger partial charge on any atom is -0.348 e. The highest BCUT2D eigenvalue weighted by Crippen LogP contribution is 2.30. The molecule has 6 heteroatoms. The molecule has 1 N–H and O–H groups in total. The summed E-state index contributed by atoms with van der Waals surface area (Å²) in [6, 6.07) is 7.97. The first-order valence-corrected chi connectivity index (χ1v) is 10.2. The van der Waals surface area contributed by atoms with Gasteiger partial charge in [0.15, 0.2) is 5.78 Å². The molecule has 2 rings (SSSR count). The van der Waals surface area contributed by atoms with Gasteiger partial charge >= 0.3 is 0 Å². The van der Waals surface area contributed by atoms with Crippen LogP contribution in [0, 0.1) is 5.41 Å². The van der Waals surface area contributed by atoms with Gasteiger partial charge in [-0.2, -0.15) is 0 Å². The summed E-state index contributed by atoms with van der Waals surface area (Å²) in [7, 11) is 0. The number of rotatable bonds is 6. The zero-order chi connectivity index (χ0) is 20.2. The standard InChI is InChI=1S/C21H28N2O3S/c1-6-15-7-9-16(10-8-15)14(2)22-18(25)12-23-19(26)13-27-20(23)11-17(24)21(3,4)5/h7-11,14H,6,12-13H2,1-5H3,(H,22,25)/b20-11-/t14-/m1/s1. The van der Waals surface area contributed by atoms with Gasteiger partial charge in [0.05, 0.1) is 16.8 Å². The fourth-order valence-corrected chi connectivity index (χ4v) is 3.52. The Morgan fingerprint density at radius 3 is 2.44 bits per heavy atom. The van der Waals surface area contributed by atoms with E-state index in [-0.39, 0.29) is 35.9 Å². The molecule has 1 aliphatic rings. The molecule has 5 nitrogen and oxygen atoms in total. The lowest BCUT2D eigenvalue weighted by atomic mass is 9.91. The molecule has 146 valence electrons. The third-order valence-corrected chi connectivity index (χ3v) is 5.50. The van der Waals surface area contributed by atoms with Crippen molar-refractivity contribution < 1.29 is 14.4 Å². The van der Waals surface area contributed by atoms with Gasteiger partial charge in [-0.15, -0.1) is 0 Å². The Morgan fingerprint density at radius 2 is 1.89 bits per heavy atom. The van der Waals surface area contributed by atoms with Crippen molar-refractivity contribution in [1.82, 2.24) is 10.2 Å². The summed E-state index contributed by atoms with van der Waals surface area (Å²) in [5, 5.41) is 3.48. The van der Waals surface area contributed by atoms with Gasteiger partial charge in [-0.1, -0.05) is 63.7 Å². The smallest absolute Gasteiger partial charge is 0.240 e. The number of thioether (sulfide) groups is 1. The van der Waals surface area contributed by atoms with Crippen molar-refractivity contribution in [3.8, 4) is 0 Å². The zero-order valence-corrected chi connectivity index (χ0v) is 17.5. The number of ketones is 1. The van der Waals surface area contributed by atoms with E-state index in [9.17, 15) is 14.4 Å². The van der Waals surface area contributed by atoms with Gasteiger partial charge in [0.25, 0.3) is 0 Å². The molecule has 0 aromatic heterocycles. The predicted molar refractivity (Wildman–Crippen MR) is 109 cm³/mol. The van der Waals surface area contributed by atoms with Gasteiger partial charge in [0, 0.05) is 11.5 Å². The second-order valence-corrected chi connectivity index (χ2v) is 8.75. The van der Waals surface area contributed by atoms with E-state index in [2.05, 4.69) is 24.4 Å². The second kappa shape index (κ2) is 8.74. The average molecular weight is 389 g/mol. The number of carbonyl (C=O) groups excluding carboxylic acids is 3. The van der Waals surface area contributed by atoms with E-state index in [0.717, 1.165) is 12.0 Å². The van der Waals surface area contributed by atoms with Crippen molar-refractivity contribution in [2.45, 2.75) is 47.1 Å². The molecular formula is C21H28N2O3S. The molecule has 0 radical (unpaired) electrons. The van der Waals surface area contributed by atoms with Crippen molar-refractivity contribution in [2.75, 3.05) is 12.3 Å². The van der Waals surface area contributed by atoms with E-state index in [1.165, 1.54) is 28.3 Å². The number of carbonyl (C=O) groups is 3. The molecule has 0 unspecified atom stereocenters. The highest BCUT2D eigenvalue weighted by Gasteiger charge is 2.31. The first kappa shape index (κ1) is 21.2. The maximum absolute atomic E-state index is 12.5. The van der Waals surface area contributed by atoms with Crippen LogP contribution in [0.3, 0.4) is 0 Å². The molecule has 1 saturated heterocycles. The highest BCUT2D eigenvalue weighted by molar-refractivity contribution is 8.04. The Bertz CT molecular complexity index is 748. The van der Waals surface area contributed by atoms with E-state index in [0.29, 0.717) is 5.03 Å². The molecular weight excluding hydrogens is 360 g/mol. The first-order valence-electron chi connectivity index (χ1n) is 9.19. The summed E-state index contributed by atoms with van der Waals surface area (Å²) in [5.41, 5.74) is 1.74. The number of aryl methyl sites for hydroxylation is 1. The summed E-state index contributed by atoms with van der Waals surface area (Å²) in [6.45, 7) is 9.43. The van der Waals surface area contributed by atoms with Crippen molar-refractivity contribution in [3.63, 3.8) is 0 Å². The fraction of sp³-hybridized carbons (Fsp3) is 0.476. The van der Waals surface area contributed by atoms with Crippen LogP contribution in [-0.2, 0) is 20.8 Å². The van der Waals surface area contributed by atoms with Gasteiger partial charge < -0.3 is 5.32 Å². The Kier molecular flexibility index (Phi) is 6.87. The normalized spacial score (nSPS) is 17.3. The van der Waals surface area contributed by atoms with E-state index >= 15 is 0 Å². The number of nitrogens with zero attached hydrogens (tertiary/aromatic N) is 1. The highest BCUT2D eigenvalue weighted by atomic mass is 32.2. The number of nitrogens with one attached hydrogen (secondary N) is 1. The summed E-state index contributed by atoms with van der Waals surface area (Å²) >= 11 is 1.30. The van der Waals surface area contributed by atoms with Gasteiger partial charge in [0.2, 0.25) is 11.8 Å². The van der Waals surface area contributed by atoms with Crippen molar-refractivity contribution in [1.29, 1.82) is 0 Å². The van der Waals surface area contributed by atoms with E-state index < -0.39 is 5.41 Å². The summed E-state index contributed by atoms with van der Waals surface area (Å²) in [4.78, 5) is 38.2. The molecule has 1 heterocycles. The Labute approximate surface area is 165 Å². The van der Waals surface area contributed by atoms with Crippen LogP contribution in [-0.4, -0.2) is 34.8 Å². The summed E-state index contributed by atoms with van der Waals surface area (Å²) in [6.07, 6.45) is 2.45. The topological polar surface area (TPSA) is 66.5 Å². The Morgan fingerprint density at radius 1 is 1.26 bits per heavy atom. The van der Waals surface area contributed by atoms with Crippen LogP contribution in [0.2, 0.25) is 0 Å². The first-order chi connectivity index (χ1) is 12.6. The molecule has 1 aliphatic heterocycles. The van der Waals surface area contributed by atoms with Crippen LogP contribution in [0.5, 0.6) is 0 Å². The molecule has 1 aromatic carbocycles. The van der Waals surface area contributed by atoms with E-state index in [1.807, 2.05) is 39.8 Å². The predicted octanol–water partition coefficient (Wildman–Crippen LogP) is 3.46.